The standard InChI is InChI=1S/C29H28N6O3/c1-2-23(36)34-29(14-15-29)28(37)33-19-10-13-22-24(25-26(30)31-17-32-27(25)35(22)16-19)18-8-11-21(12-9-18)38-20-6-4-3-5-7-20/h2-9,11-12,17,19H,1,10,13-16H2,(H,33,37)(H,34,36)(H2,30,31,32). The minimum Gasteiger partial charge on any atom is -0.457 e. The van der Waals surface area contributed by atoms with Gasteiger partial charge in [-0.05, 0) is 61.6 Å². The zero-order valence-corrected chi connectivity index (χ0v) is 20.8. The number of ether oxygens (including phenoxy) is 1. The summed E-state index contributed by atoms with van der Waals surface area (Å²) in [6.07, 6.45) is 5.39. The molecule has 2 aromatic carbocycles. The summed E-state index contributed by atoms with van der Waals surface area (Å²) >= 11 is 0. The van der Waals surface area contributed by atoms with Gasteiger partial charge >= 0.3 is 0 Å². The number of aromatic nitrogens is 3. The van der Waals surface area contributed by atoms with Crippen LogP contribution in [-0.2, 0) is 22.6 Å². The number of hydrogen-bond acceptors (Lipinski definition) is 6. The van der Waals surface area contributed by atoms with E-state index in [1.54, 1.807) is 0 Å². The first-order valence-electron chi connectivity index (χ1n) is 12.7. The Morgan fingerprint density at radius 3 is 2.53 bits per heavy atom. The van der Waals surface area contributed by atoms with Gasteiger partial charge in [0.25, 0.3) is 0 Å². The zero-order chi connectivity index (χ0) is 26.3. The van der Waals surface area contributed by atoms with Crippen molar-refractivity contribution >= 4 is 28.7 Å². The third kappa shape index (κ3) is 4.26. The summed E-state index contributed by atoms with van der Waals surface area (Å²) in [5.41, 5.74) is 9.40. The number of benzene rings is 2. The molecular weight excluding hydrogens is 480 g/mol. The van der Waals surface area contributed by atoms with Crippen LogP contribution in [0.4, 0.5) is 5.82 Å². The Morgan fingerprint density at radius 2 is 1.82 bits per heavy atom. The fourth-order valence-electron chi connectivity index (χ4n) is 5.21. The Balaban J connectivity index is 1.28. The maximum atomic E-state index is 13.0. The van der Waals surface area contributed by atoms with Gasteiger partial charge in [-0.3, -0.25) is 9.59 Å². The summed E-state index contributed by atoms with van der Waals surface area (Å²) in [5, 5.41) is 6.74. The molecule has 38 heavy (non-hydrogen) atoms. The summed E-state index contributed by atoms with van der Waals surface area (Å²) in [4.78, 5) is 33.7. The highest BCUT2D eigenvalue weighted by Gasteiger charge is 2.51. The molecular formula is C29H28N6O3. The van der Waals surface area contributed by atoms with Crippen LogP contribution < -0.4 is 21.1 Å². The van der Waals surface area contributed by atoms with Crippen molar-refractivity contribution in [1.82, 2.24) is 25.2 Å². The number of nitrogens with one attached hydrogen (secondary N) is 2. The molecule has 0 bridgehead atoms. The van der Waals surface area contributed by atoms with Gasteiger partial charge in [0.2, 0.25) is 11.8 Å². The maximum Gasteiger partial charge on any atom is 0.246 e. The van der Waals surface area contributed by atoms with Crippen molar-refractivity contribution in [3.8, 4) is 22.6 Å². The first-order chi connectivity index (χ1) is 18.5. The molecule has 4 aromatic rings. The smallest absolute Gasteiger partial charge is 0.246 e. The number of hydrogen-bond donors (Lipinski definition) is 3. The Morgan fingerprint density at radius 1 is 1.08 bits per heavy atom. The van der Waals surface area contributed by atoms with Crippen molar-refractivity contribution < 1.29 is 14.3 Å². The average molecular weight is 509 g/mol. The van der Waals surface area contributed by atoms with Crippen LogP contribution in [0.2, 0.25) is 0 Å². The lowest BCUT2D eigenvalue weighted by molar-refractivity contribution is -0.128. The number of fused-ring (bicyclic) bond motifs is 3. The van der Waals surface area contributed by atoms with E-state index in [9.17, 15) is 9.59 Å². The molecule has 1 unspecified atom stereocenters. The average Bonchev–Trinajstić information content (AvgIpc) is 3.64. The van der Waals surface area contributed by atoms with Gasteiger partial charge in [0.05, 0.1) is 5.39 Å². The monoisotopic (exact) mass is 508 g/mol. The summed E-state index contributed by atoms with van der Waals surface area (Å²) in [6.45, 7) is 4.03. The molecule has 6 rings (SSSR count). The number of anilines is 1. The topological polar surface area (TPSA) is 124 Å². The SMILES string of the molecule is C=CC(=O)NC1(C(=O)NC2CCc3c(-c4ccc(Oc5ccccc5)cc4)c4c(N)ncnc4n3C2)CC1. The molecule has 192 valence electrons. The second kappa shape index (κ2) is 9.33. The van der Waals surface area contributed by atoms with Gasteiger partial charge in [-0.15, -0.1) is 0 Å². The fraction of sp³-hybridized carbons (Fsp3) is 0.241. The Hall–Kier alpha value is -4.66. The van der Waals surface area contributed by atoms with E-state index in [0.717, 1.165) is 52.2 Å². The minimum absolute atomic E-state index is 0.102. The second-order valence-electron chi connectivity index (χ2n) is 9.81. The van der Waals surface area contributed by atoms with E-state index in [1.807, 2.05) is 54.6 Å². The molecule has 1 aliphatic heterocycles. The van der Waals surface area contributed by atoms with Crippen LogP contribution in [0.5, 0.6) is 11.5 Å². The van der Waals surface area contributed by atoms with E-state index in [1.165, 1.54) is 12.4 Å². The second-order valence-corrected chi connectivity index (χ2v) is 9.81. The van der Waals surface area contributed by atoms with E-state index in [0.29, 0.717) is 25.2 Å². The highest BCUT2D eigenvalue weighted by molar-refractivity contribution is 6.02. The van der Waals surface area contributed by atoms with E-state index in [4.69, 9.17) is 10.5 Å². The molecule has 4 N–H and O–H groups in total. The van der Waals surface area contributed by atoms with Crippen LogP contribution in [-0.4, -0.2) is 37.9 Å². The number of nitrogen functional groups attached to an aromatic ring is 1. The van der Waals surface area contributed by atoms with Gasteiger partial charge in [0, 0.05) is 23.8 Å². The molecule has 1 saturated carbocycles. The molecule has 2 amide bonds. The van der Waals surface area contributed by atoms with Crippen molar-refractivity contribution in [3.63, 3.8) is 0 Å². The molecule has 2 aromatic heterocycles. The molecule has 2 aliphatic rings. The molecule has 3 heterocycles. The molecule has 1 aliphatic carbocycles. The van der Waals surface area contributed by atoms with Gasteiger partial charge in [0.15, 0.2) is 0 Å². The molecule has 0 spiro atoms. The van der Waals surface area contributed by atoms with E-state index in [2.05, 4.69) is 31.7 Å². The third-order valence-corrected chi connectivity index (χ3v) is 7.30. The van der Waals surface area contributed by atoms with E-state index >= 15 is 0 Å². The summed E-state index contributed by atoms with van der Waals surface area (Å²) in [5.74, 6) is 1.44. The maximum absolute atomic E-state index is 13.0. The lowest BCUT2D eigenvalue weighted by atomic mass is 9.97. The molecule has 9 heteroatoms. The molecule has 1 atom stereocenters. The third-order valence-electron chi connectivity index (χ3n) is 7.30. The van der Waals surface area contributed by atoms with Crippen LogP contribution in [0.25, 0.3) is 22.2 Å². The lowest BCUT2D eigenvalue weighted by Crippen LogP contribution is -2.52. The van der Waals surface area contributed by atoms with Crippen LogP contribution >= 0.6 is 0 Å². The Labute approximate surface area is 219 Å². The predicted octanol–water partition coefficient (Wildman–Crippen LogP) is 3.74. The number of para-hydroxylation sites is 1. The van der Waals surface area contributed by atoms with Crippen molar-refractivity contribution in [2.45, 2.75) is 43.8 Å². The number of amides is 2. The normalized spacial score (nSPS) is 17.3. The van der Waals surface area contributed by atoms with Gasteiger partial charge in [-0.1, -0.05) is 36.9 Å². The fourth-order valence-corrected chi connectivity index (χ4v) is 5.21. The minimum atomic E-state index is -0.828. The quantitative estimate of drug-likeness (QED) is 0.327. The van der Waals surface area contributed by atoms with Crippen LogP contribution in [0.1, 0.15) is 25.0 Å². The first-order valence-corrected chi connectivity index (χ1v) is 12.7. The first kappa shape index (κ1) is 23.7. The van der Waals surface area contributed by atoms with Crippen molar-refractivity contribution in [2.75, 3.05) is 5.73 Å². The molecule has 1 fully saturated rings. The number of carbonyl (C=O) groups is 2. The number of rotatable bonds is 7. The summed E-state index contributed by atoms with van der Waals surface area (Å²) in [6, 6.07) is 17.5. The molecule has 0 saturated heterocycles. The molecule has 0 radical (unpaired) electrons. The van der Waals surface area contributed by atoms with Gasteiger partial charge in [0.1, 0.15) is 34.8 Å². The number of carbonyl (C=O) groups excluding carboxylic acids is 2. The van der Waals surface area contributed by atoms with Crippen LogP contribution in [0, 0.1) is 0 Å². The number of nitrogens with two attached hydrogens (primary N) is 1. The van der Waals surface area contributed by atoms with E-state index < -0.39 is 5.54 Å². The van der Waals surface area contributed by atoms with Crippen molar-refractivity contribution in [3.05, 3.63) is 79.3 Å². The zero-order valence-electron chi connectivity index (χ0n) is 20.8. The predicted molar refractivity (Wildman–Crippen MR) is 144 cm³/mol. The van der Waals surface area contributed by atoms with Crippen LogP contribution in [0.15, 0.2) is 73.6 Å². The van der Waals surface area contributed by atoms with Crippen molar-refractivity contribution in [2.24, 2.45) is 0 Å². The van der Waals surface area contributed by atoms with Gasteiger partial charge in [-0.25, -0.2) is 9.97 Å². The lowest BCUT2D eigenvalue weighted by Gasteiger charge is -2.28. The number of nitrogens with zero attached hydrogens (tertiary/aromatic N) is 3. The molecule has 9 nitrogen and oxygen atoms in total. The van der Waals surface area contributed by atoms with Crippen molar-refractivity contribution in [1.29, 1.82) is 0 Å². The van der Waals surface area contributed by atoms with E-state index in [-0.39, 0.29) is 17.9 Å². The van der Waals surface area contributed by atoms with Gasteiger partial charge in [-0.2, -0.15) is 0 Å². The highest BCUT2D eigenvalue weighted by Crippen LogP contribution is 2.40. The highest BCUT2D eigenvalue weighted by atomic mass is 16.5. The Kier molecular flexibility index (Phi) is 5.83. The van der Waals surface area contributed by atoms with Crippen LogP contribution in [0.3, 0.4) is 0 Å². The Bertz CT molecular complexity index is 1540. The largest absolute Gasteiger partial charge is 0.457 e. The van der Waals surface area contributed by atoms with Gasteiger partial charge < -0.3 is 25.7 Å². The summed E-state index contributed by atoms with van der Waals surface area (Å²) < 4.78 is 8.10. The summed E-state index contributed by atoms with van der Waals surface area (Å²) in [7, 11) is 0.